The molecule has 0 bridgehead atoms. The molecule has 152 valence electrons. The van der Waals surface area contributed by atoms with E-state index in [1.807, 2.05) is 68.6 Å². The Labute approximate surface area is 179 Å². The molecular weight excluding hydrogens is 404 g/mol. The molecule has 0 radical (unpaired) electrons. The van der Waals surface area contributed by atoms with Gasteiger partial charge in [0.05, 0.1) is 17.0 Å². The molecule has 0 aliphatic rings. The Morgan fingerprint density at radius 2 is 1.83 bits per heavy atom. The zero-order chi connectivity index (χ0) is 21.0. The number of hydrogen-bond acceptors (Lipinski definition) is 6. The van der Waals surface area contributed by atoms with Crippen LogP contribution in [0.25, 0.3) is 21.1 Å². The fourth-order valence-corrected chi connectivity index (χ4v) is 4.59. The predicted octanol–water partition coefficient (Wildman–Crippen LogP) is 4.88. The van der Waals surface area contributed by atoms with E-state index in [0.29, 0.717) is 0 Å². The molecule has 0 unspecified atom stereocenters. The molecule has 1 aromatic carbocycles. The van der Waals surface area contributed by atoms with Gasteiger partial charge in [-0.3, -0.25) is 9.59 Å². The van der Waals surface area contributed by atoms with Gasteiger partial charge >= 0.3 is 5.97 Å². The molecule has 0 saturated heterocycles. The number of likely N-dealkylation sites (N-methyl/N-ethyl adjacent to an activating group) is 1. The van der Waals surface area contributed by atoms with E-state index in [1.165, 1.54) is 16.2 Å². The summed E-state index contributed by atoms with van der Waals surface area (Å²) in [5.41, 5.74) is 1.29. The van der Waals surface area contributed by atoms with Crippen LogP contribution in [0, 0.1) is 0 Å². The highest BCUT2D eigenvalue weighted by atomic mass is 32.1. The number of hydrogen-bond donors (Lipinski definition) is 0. The second-order valence-corrected chi connectivity index (χ2v) is 9.68. The fourth-order valence-electron chi connectivity index (χ4n) is 2.71. The second kappa shape index (κ2) is 8.88. The van der Waals surface area contributed by atoms with E-state index in [2.05, 4.69) is 0 Å². The smallest absolute Gasteiger partial charge is 0.326 e. The van der Waals surface area contributed by atoms with Crippen molar-refractivity contribution in [3.8, 4) is 21.1 Å². The van der Waals surface area contributed by atoms with Crippen molar-refractivity contribution in [2.75, 3.05) is 13.6 Å². The van der Waals surface area contributed by atoms with Crippen LogP contribution in [0.15, 0.2) is 47.8 Å². The third-order valence-corrected chi connectivity index (χ3v) is 5.98. The second-order valence-electron chi connectivity index (χ2n) is 7.65. The van der Waals surface area contributed by atoms with E-state index >= 15 is 0 Å². The number of ether oxygens (including phenoxy) is 1. The van der Waals surface area contributed by atoms with Gasteiger partial charge in [-0.1, -0.05) is 36.4 Å². The number of carbonyl (C=O) groups excluding carboxylic acids is 2. The Morgan fingerprint density at radius 3 is 2.45 bits per heavy atom. The van der Waals surface area contributed by atoms with Gasteiger partial charge in [-0.25, -0.2) is 4.98 Å². The van der Waals surface area contributed by atoms with Crippen molar-refractivity contribution in [2.45, 2.75) is 32.8 Å². The number of esters is 1. The third kappa shape index (κ3) is 5.74. The number of nitrogens with zero attached hydrogens (tertiary/aromatic N) is 2. The molecule has 29 heavy (non-hydrogen) atoms. The number of benzene rings is 1. The molecule has 5 nitrogen and oxygen atoms in total. The summed E-state index contributed by atoms with van der Waals surface area (Å²) >= 11 is 3.11. The van der Waals surface area contributed by atoms with Gasteiger partial charge in [0.2, 0.25) is 5.91 Å². The zero-order valence-electron chi connectivity index (χ0n) is 17.0. The van der Waals surface area contributed by atoms with Crippen LogP contribution in [0.2, 0.25) is 0 Å². The Balaban J connectivity index is 1.79. The van der Waals surface area contributed by atoms with Gasteiger partial charge in [0.15, 0.2) is 0 Å². The van der Waals surface area contributed by atoms with Crippen LogP contribution in [-0.4, -0.2) is 41.0 Å². The van der Waals surface area contributed by atoms with Crippen molar-refractivity contribution >= 4 is 34.6 Å². The molecule has 3 rings (SSSR count). The van der Waals surface area contributed by atoms with E-state index in [9.17, 15) is 9.59 Å². The first-order valence-electron chi connectivity index (χ1n) is 9.28. The minimum absolute atomic E-state index is 0.0746. The first-order chi connectivity index (χ1) is 13.7. The first kappa shape index (κ1) is 21.2. The number of carbonyl (C=O) groups is 2. The minimum atomic E-state index is -0.574. The van der Waals surface area contributed by atoms with Gasteiger partial charge in [-0.15, -0.1) is 22.7 Å². The van der Waals surface area contributed by atoms with Gasteiger partial charge in [-0.05, 0) is 32.2 Å². The van der Waals surface area contributed by atoms with Crippen molar-refractivity contribution in [2.24, 2.45) is 0 Å². The van der Waals surface area contributed by atoms with Crippen molar-refractivity contribution in [3.63, 3.8) is 0 Å². The molecule has 0 spiro atoms. The number of amides is 1. The lowest BCUT2D eigenvalue weighted by molar-refractivity contribution is -0.158. The zero-order valence-corrected chi connectivity index (χ0v) is 18.6. The summed E-state index contributed by atoms with van der Waals surface area (Å²) in [7, 11) is 1.62. The molecule has 0 aliphatic carbocycles. The van der Waals surface area contributed by atoms with E-state index in [-0.39, 0.29) is 18.9 Å². The van der Waals surface area contributed by atoms with Crippen LogP contribution >= 0.6 is 22.7 Å². The van der Waals surface area contributed by atoms with Gasteiger partial charge < -0.3 is 9.64 Å². The highest BCUT2D eigenvalue weighted by Gasteiger charge is 2.23. The van der Waals surface area contributed by atoms with Crippen molar-refractivity contribution in [1.82, 2.24) is 9.88 Å². The molecule has 0 N–H and O–H groups in total. The Hall–Kier alpha value is -2.51. The molecule has 3 aromatic rings. The minimum Gasteiger partial charge on any atom is -0.459 e. The first-order valence-corrected chi connectivity index (χ1v) is 11.0. The Bertz CT molecular complexity index is 973. The molecule has 2 heterocycles. The molecule has 7 heteroatoms. The number of rotatable bonds is 6. The highest BCUT2D eigenvalue weighted by molar-refractivity contribution is 7.17. The lowest BCUT2D eigenvalue weighted by atomic mass is 10.2. The van der Waals surface area contributed by atoms with Gasteiger partial charge in [0.25, 0.3) is 0 Å². The fraction of sp³-hybridized carbons (Fsp3) is 0.318. The molecular formula is C22H24N2O3S2. The normalized spacial score (nSPS) is 11.3. The van der Waals surface area contributed by atoms with Crippen LogP contribution < -0.4 is 0 Å². The summed E-state index contributed by atoms with van der Waals surface area (Å²) < 4.78 is 5.31. The lowest BCUT2D eigenvalue weighted by Gasteiger charge is -2.22. The summed E-state index contributed by atoms with van der Waals surface area (Å²) in [5, 5.41) is 2.88. The maximum absolute atomic E-state index is 12.8. The molecule has 0 fully saturated rings. The van der Waals surface area contributed by atoms with Crippen LogP contribution in [0.1, 0.15) is 25.6 Å². The van der Waals surface area contributed by atoms with Crippen LogP contribution in [0.3, 0.4) is 0 Å². The van der Waals surface area contributed by atoms with E-state index in [1.54, 1.807) is 18.4 Å². The number of thiazole rings is 1. The number of aromatic nitrogens is 1. The third-order valence-electron chi connectivity index (χ3n) is 4.00. The Morgan fingerprint density at radius 1 is 1.10 bits per heavy atom. The monoisotopic (exact) mass is 428 g/mol. The van der Waals surface area contributed by atoms with Crippen LogP contribution in [0.4, 0.5) is 0 Å². The molecule has 0 atom stereocenters. The van der Waals surface area contributed by atoms with Gasteiger partial charge in [0, 0.05) is 17.5 Å². The number of thiophene rings is 1. The SMILES string of the molecule is CN(CC(=O)OC(C)(C)C)C(=O)Cc1sc(-c2ccccc2)nc1-c1cccs1. The summed E-state index contributed by atoms with van der Waals surface area (Å²) in [6, 6.07) is 13.9. The Kier molecular flexibility index (Phi) is 6.49. The maximum Gasteiger partial charge on any atom is 0.326 e. The predicted molar refractivity (Wildman–Crippen MR) is 118 cm³/mol. The standard InChI is InChI=1S/C22H24N2O3S2/c1-22(2,3)27-19(26)14-24(4)18(25)13-17-20(16-11-8-12-28-16)23-21(29-17)15-9-6-5-7-10-15/h5-12H,13-14H2,1-4H3. The van der Waals surface area contributed by atoms with Crippen molar-refractivity contribution in [1.29, 1.82) is 0 Å². The van der Waals surface area contributed by atoms with E-state index in [4.69, 9.17) is 9.72 Å². The van der Waals surface area contributed by atoms with Crippen molar-refractivity contribution in [3.05, 3.63) is 52.7 Å². The quantitative estimate of drug-likeness (QED) is 0.525. The lowest BCUT2D eigenvalue weighted by Crippen LogP contribution is -2.36. The topological polar surface area (TPSA) is 59.5 Å². The van der Waals surface area contributed by atoms with Gasteiger partial charge in [0.1, 0.15) is 17.2 Å². The van der Waals surface area contributed by atoms with E-state index in [0.717, 1.165) is 26.0 Å². The summed E-state index contributed by atoms with van der Waals surface area (Å²) in [4.78, 5) is 33.0. The largest absolute Gasteiger partial charge is 0.459 e. The summed E-state index contributed by atoms with van der Waals surface area (Å²) in [6.07, 6.45) is 0.191. The maximum atomic E-state index is 12.8. The van der Waals surface area contributed by atoms with Crippen LogP contribution in [0.5, 0.6) is 0 Å². The summed E-state index contributed by atoms with van der Waals surface area (Å²) in [6.45, 7) is 5.35. The van der Waals surface area contributed by atoms with Crippen LogP contribution in [-0.2, 0) is 20.7 Å². The van der Waals surface area contributed by atoms with Gasteiger partial charge in [-0.2, -0.15) is 0 Å². The molecule has 0 aliphatic heterocycles. The molecule has 2 aromatic heterocycles. The summed E-state index contributed by atoms with van der Waals surface area (Å²) in [5.74, 6) is -0.557. The highest BCUT2D eigenvalue weighted by Crippen LogP contribution is 2.36. The average molecular weight is 429 g/mol. The van der Waals surface area contributed by atoms with Crippen molar-refractivity contribution < 1.29 is 14.3 Å². The van der Waals surface area contributed by atoms with E-state index < -0.39 is 11.6 Å². The molecule has 1 amide bonds. The molecule has 0 saturated carbocycles. The average Bonchev–Trinajstić information content (AvgIpc) is 3.30.